The SMILES string of the molecule is O=S(=O)(NCCCn1cncn1)c1ccc2c(c1)CCC2. The Morgan fingerprint density at radius 2 is 2.10 bits per heavy atom. The van der Waals surface area contributed by atoms with E-state index in [0.717, 1.165) is 19.3 Å². The van der Waals surface area contributed by atoms with Gasteiger partial charge in [0, 0.05) is 13.1 Å². The molecule has 1 heterocycles. The number of fused-ring (bicyclic) bond motifs is 1. The lowest BCUT2D eigenvalue weighted by Gasteiger charge is -2.08. The summed E-state index contributed by atoms with van der Waals surface area (Å²) in [5, 5.41) is 3.98. The first kappa shape index (κ1) is 14.2. The Morgan fingerprint density at radius 3 is 2.90 bits per heavy atom. The molecule has 1 aliphatic rings. The van der Waals surface area contributed by atoms with Gasteiger partial charge in [0.1, 0.15) is 12.7 Å². The number of rotatable bonds is 6. The quantitative estimate of drug-likeness (QED) is 0.812. The lowest BCUT2D eigenvalue weighted by atomic mass is 10.1. The molecule has 0 unspecified atom stereocenters. The number of nitrogens with one attached hydrogen (secondary N) is 1. The summed E-state index contributed by atoms with van der Waals surface area (Å²) in [5.41, 5.74) is 2.45. The molecule has 0 fully saturated rings. The predicted octanol–water partition coefficient (Wildman–Crippen LogP) is 1.14. The number of hydrogen-bond acceptors (Lipinski definition) is 4. The van der Waals surface area contributed by atoms with Crippen LogP contribution in [0.2, 0.25) is 0 Å². The van der Waals surface area contributed by atoms with Crippen molar-refractivity contribution in [2.45, 2.75) is 37.1 Å². The molecule has 0 atom stereocenters. The van der Waals surface area contributed by atoms with Gasteiger partial charge in [0.15, 0.2) is 0 Å². The fraction of sp³-hybridized carbons (Fsp3) is 0.429. The molecule has 7 heteroatoms. The summed E-state index contributed by atoms with van der Waals surface area (Å²) in [6, 6.07) is 5.44. The minimum absolute atomic E-state index is 0.365. The van der Waals surface area contributed by atoms with Gasteiger partial charge in [0.05, 0.1) is 4.90 Å². The van der Waals surface area contributed by atoms with Gasteiger partial charge in [-0.15, -0.1) is 0 Å². The molecule has 6 nitrogen and oxygen atoms in total. The van der Waals surface area contributed by atoms with Crippen LogP contribution < -0.4 is 4.72 Å². The van der Waals surface area contributed by atoms with Gasteiger partial charge in [-0.1, -0.05) is 6.07 Å². The molecule has 0 aliphatic heterocycles. The van der Waals surface area contributed by atoms with E-state index in [0.29, 0.717) is 24.4 Å². The van der Waals surface area contributed by atoms with Gasteiger partial charge in [-0.3, -0.25) is 4.68 Å². The van der Waals surface area contributed by atoms with Crippen LogP contribution in [0.5, 0.6) is 0 Å². The first-order valence-corrected chi connectivity index (χ1v) is 8.57. The standard InChI is InChI=1S/C14H18N4O2S/c19-21(20,17-7-2-8-18-11-15-10-16-18)14-6-5-12-3-1-4-13(12)9-14/h5-6,9-11,17H,1-4,7-8H2. The van der Waals surface area contributed by atoms with Crippen molar-refractivity contribution < 1.29 is 8.42 Å². The maximum atomic E-state index is 12.2. The van der Waals surface area contributed by atoms with Crippen molar-refractivity contribution >= 4 is 10.0 Å². The predicted molar refractivity (Wildman–Crippen MR) is 78.3 cm³/mol. The molecule has 1 aromatic heterocycles. The van der Waals surface area contributed by atoms with E-state index in [9.17, 15) is 8.42 Å². The van der Waals surface area contributed by atoms with E-state index < -0.39 is 10.0 Å². The van der Waals surface area contributed by atoms with Crippen LogP contribution in [0.1, 0.15) is 24.0 Å². The van der Waals surface area contributed by atoms with Crippen LogP contribution in [0, 0.1) is 0 Å². The lowest BCUT2D eigenvalue weighted by molar-refractivity contribution is 0.552. The van der Waals surface area contributed by atoms with E-state index in [1.165, 1.54) is 17.5 Å². The minimum atomic E-state index is -3.42. The van der Waals surface area contributed by atoms with E-state index in [2.05, 4.69) is 14.8 Å². The zero-order chi connectivity index (χ0) is 14.7. The van der Waals surface area contributed by atoms with E-state index in [1.54, 1.807) is 17.1 Å². The highest BCUT2D eigenvalue weighted by atomic mass is 32.2. The number of benzene rings is 1. The van der Waals surface area contributed by atoms with Crippen molar-refractivity contribution in [1.29, 1.82) is 0 Å². The third kappa shape index (κ3) is 3.30. The first-order valence-electron chi connectivity index (χ1n) is 7.09. The Bertz CT molecular complexity index is 711. The molecule has 0 amide bonds. The van der Waals surface area contributed by atoms with Crippen molar-refractivity contribution in [3.63, 3.8) is 0 Å². The largest absolute Gasteiger partial charge is 0.253 e. The Labute approximate surface area is 124 Å². The van der Waals surface area contributed by atoms with Crippen molar-refractivity contribution in [3.05, 3.63) is 42.0 Å². The van der Waals surface area contributed by atoms with Gasteiger partial charge in [0.25, 0.3) is 0 Å². The van der Waals surface area contributed by atoms with Gasteiger partial charge in [-0.05, 0) is 48.9 Å². The molecule has 0 saturated heterocycles. The zero-order valence-corrected chi connectivity index (χ0v) is 12.5. The normalized spacial score (nSPS) is 14.3. The number of hydrogen-bond donors (Lipinski definition) is 1. The molecule has 1 aliphatic carbocycles. The monoisotopic (exact) mass is 306 g/mol. The molecule has 0 spiro atoms. The lowest BCUT2D eigenvalue weighted by Crippen LogP contribution is -2.25. The molecular formula is C14H18N4O2S. The minimum Gasteiger partial charge on any atom is -0.253 e. The molecule has 112 valence electrons. The van der Waals surface area contributed by atoms with Crippen molar-refractivity contribution in [1.82, 2.24) is 19.5 Å². The molecule has 0 bridgehead atoms. The highest BCUT2D eigenvalue weighted by molar-refractivity contribution is 7.89. The second-order valence-electron chi connectivity index (χ2n) is 5.19. The summed E-state index contributed by atoms with van der Waals surface area (Å²) in [4.78, 5) is 4.21. The maximum absolute atomic E-state index is 12.2. The topological polar surface area (TPSA) is 76.9 Å². The highest BCUT2D eigenvalue weighted by Crippen LogP contribution is 2.24. The molecular weight excluding hydrogens is 288 g/mol. The summed E-state index contributed by atoms with van der Waals surface area (Å²) in [5.74, 6) is 0. The molecule has 0 saturated carbocycles. The maximum Gasteiger partial charge on any atom is 0.240 e. The summed E-state index contributed by atoms with van der Waals surface area (Å²) < 4.78 is 28.8. The summed E-state index contributed by atoms with van der Waals surface area (Å²) >= 11 is 0. The van der Waals surface area contributed by atoms with Crippen LogP contribution in [0.4, 0.5) is 0 Å². The molecule has 3 rings (SSSR count). The number of nitrogens with zero attached hydrogens (tertiary/aromatic N) is 3. The van der Waals surface area contributed by atoms with Gasteiger partial charge in [0.2, 0.25) is 10.0 Å². The second-order valence-corrected chi connectivity index (χ2v) is 6.96. The Balaban J connectivity index is 1.59. The average Bonchev–Trinajstić information content (AvgIpc) is 3.13. The van der Waals surface area contributed by atoms with E-state index in [4.69, 9.17) is 0 Å². The number of sulfonamides is 1. The molecule has 1 aromatic carbocycles. The Hall–Kier alpha value is -1.73. The van der Waals surface area contributed by atoms with Crippen LogP contribution in [0.25, 0.3) is 0 Å². The van der Waals surface area contributed by atoms with Crippen molar-refractivity contribution in [2.75, 3.05) is 6.54 Å². The number of aryl methyl sites for hydroxylation is 3. The molecule has 2 aromatic rings. The fourth-order valence-corrected chi connectivity index (χ4v) is 3.72. The van der Waals surface area contributed by atoms with E-state index in [1.807, 2.05) is 12.1 Å². The van der Waals surface area contributed by atoms with Crippen LogP contribution >= 0.6 is 0 Å². The van der Waals surface area contributed by atoms with Crippen LogP contribution in [-0.2, 0) is 29.4 Å². The summed E-state index contributed by atoms with van der Waals surface area (Å²) in [6.45, 7) is 1.03. The smallest absolute Gasteiger partial charge is 0.240 e. The van der Waals surface area contributed by atoms with Gasteiger partial charge in [-0.2, -0.15) is 5.10 Å². The first-order chi connectivity index (χ1) is 10.1. The highest BCUT2D eigenvalue weighted by Gasteiger charge is 2.17. The summed E-state index contributed by atoms with van der Waals surface area (Å²) in [7, 11) is -3.42. The van der Waals surface area contributed by atoms with E-state index in [-0.39, 0.29) is 0 Å². The number of aromatic nitrogens is 3. The molecule has 21 heavy (non-hydrogen) atoms. The van der Waals surface area contributed by atoms with Crippen molar-refractivity contribution in [3.8, 4) is 0 Å². The van der Waals surface area contributed by atoms with Crippen LogP contribution in [0.3, 0.4) is 0 Å². The zero-order valence-electron chi connectivity index (χ0n) is 11.7. The third-order valence-corrected chi connectivity index (χ3v) is 5.16. The molecule has 1 N–H and O–H groups in total. The third-order valence-electron chi connectivity index (χ3n) is 3.70. The van der Waals surface area contributed by atoms with Crippen molar-refractivity contribution in [2.24, 2.45) is 0 Å². The van der Waals surface area contributed by atoms with Crippen LogP contribution in [-0.4, -0.2) is 29.7 Å². The fourth-order valence-electron chi connectivity index (χ4n) is 2.59. The Kier molecular flexibility index (Phi) is 4.03. The van der Waals surface area contributed by atoms with Gasteiger partial charge >= 0.3 is 0 Å². The summed E-state index contributed by atoms with van der Waals surface area (Å²) in [6.07, 6.45) is 6.91. The van der Waals surface area contributed by atoms with Crippen LogP contribution in [0.15, 0.2) is 35.7 Å². The van der Waals surface area contributed by atoms with Gasteiger partial charge in [-0.25, -0.2) is 18.1 Å². The molecule has 0 radical (unpaired) electrons. The van der Waals surface area contributed by atoms with E-state index >= 15 is 0 Å². The second kappa shape index (κ2) is 5.95. The Morgan fingerprint density at radius 1 is 1.24 bits per heavy atom. The van der Waals surface area contributed by atoms with Gasteiger partial charge < -0.3 is 0 Å². The average molecular weight is 306 g/mol.